The van der Waals surface area contributed by atoms with Crippen LogP contribution in [0, 0.1) is 0 Å². The van der Waals surface area contributed by atoms with Crippen LogP contribution in [0.1, 0.15) is 0 Å². The maximum atomic E-state index is 9.48. The van der Waals surface area contributed by atoms with E-state index in [-0.39, 0.29) is 25.2 Å². The predicted octanol–water partition coefficient (Wildman–Crippen LogP) is 1.85. The number of phenols is 1. The molecule has 14 heavy (non-hydrogen) atoms. The molecule has 0 amide bonds. The van der Waals surface area contributed by atoms with E-state index >= 15 is 0 Å². The molecule has 1 aromatic carbocycles. The van der Waals surface area contributed by atoms with Gasteiger partial charge in [-0.3, -0.25) is 0 Å². The zero-order valence-electron chi connectivity index (χ0n) is 7.59. The van der Waals surface area contributed by atoms with Crippen molar-refractivity contribution in [3.05, 3.63) is 42.7 Å². The smallest absolute Gasteiger partial charge is 0.162 e. The van der Waals surface area contributed by atoms with Crippen LogP contribution >= 0.6 is 0 Å². The van der Waals surface area contributed by atoms with Crippen molar-refractivity contribution in [1.29, 1.82) is 0 Å². The summed E-state index contributed by atoms with van der Waals surface area (Å²) < 4.78 is 0. The normalized spacial score (nSPS) is 9.14. The van der Waals surface area contributed by atoms with Crippen molar-refractivity contribution in [1.82, 2.24) is 9.97 Å². The fraction of sp³-hybridized carbons (Fsp3) is 0. The van der Waals surface area contributed by atoms with Crippen LogP contribution in [0.5, 0.6) is 5.75 Å². The quantitative estimate of drug-likeness (QED) is 0.770. The van der Waals surface area contributed by atoms with E-state index < -0.39 is 0 Å². The van der Waals surface area contributed by atoms with Crippen LogP contribution in [0.2, 0.25) is 0 Å². The van der Waals surface area contributed by atoms with Crippen LogP contribution in [0.25, 0.3) is 11.4 Å². The molecule has 1 heterocycles. The summed E-state index contributed by atoms with van der Waals surface area (Å²) in [5.74, 6) is 0.745. The minimum atomic E-state index is 0. The summed E-state index contributed by atoms with van der Waals surface area (Å²) >= 11 is 0. The molecule has 0 unspecified atom stereocenters. The number of benzene rings is 1. The predicted molar refractivity (Wildman–Crippen MR) is 49.1 cm³/mol. The van der Waals surface area contributed by atoms with Gasteiger partial charge in [0.15, 0.2) is 5.82 Å². The molecule has 1 N–H and O–H groups in total. The molecule has 2 aromatic rings. The number of para-hydroxylation sites is 1. The van der Waals surface area contributed by atoms with E-state index in [0.29, 0.717) is 11.4 Å². The van der Waals surface area contributed by atoms with Crippen molar-refractivity contribution in [2.75, 3.05) is 0 Å². The van der Waals surface area contributed by atoms with Gasteiger partial charge in [0.25, 0.3) is 0 Å². The van der Waals surface area contributed by atoms with Crippen LogP contribution in [0.15, 0.2) is 42.7 Å². The van der Waals surface area contributed by atoms with Crippen LogP contribution in [-0.4, -0.2) is 15.1 Å². The Balaban J connectivity index is 0.000000980. The van der Waals surface area contributed by atoms with E-state index in [4.69, 9.17) is 0 Å². The Hall–Kier alpha value is -1.28. The molecule has 0 saturated heterocycles. The maximum Gasteiger partial charge on any atom is 0.162 e. The van der Waals surface area contributed by atoms with Gasteiger partial charge in [-0.15, -0.1) is 0 Å². The number of aromatic nitrogens is 2. The van der Waals surface area contributed by atoms with Crippen LogP contribution in [0.4, 0.5) is 0 Å². The second-order valence-electron chi connectivity index (χ2n) is 2.59. The summed E-state index contributed by atoms with van der Waals surface area (Å²) in [6.45, 7) is 0. The summed E-state index contributed by atoms with van der Waals surface area (Å²) in [4.78, 5) is 8.08. The molecule has 0 bridgehead atoms. The van der Waals surface area contributed by atoms with Crippen molar-refractivity contribution in [2.24, 2.45) is 0 Å². The van der Waals surface area contributed by atoms with Gasteiger partial charge >= 0.3 is 0 Å². The van der Waals surface area contributed by atoms with Crippen LogP contribution in [0.3, 0.4) is 0 Å². The minimum absolute atomic E-state index is 0. The molecule has 0 spiro atoms. The van der Waals surface area contributed by atoms with Gasteiger partial charge in [-0.2, -0.15) is 0 Å². The standard InChI is InChI=1S/C10H8N2O.Zn/c13-9-5-2-1-4-8(9)10-11-6-3-7-12-10;/h1-7,13H;. The summed E-state index contributed by atoms with van der Waals surface area (Å²) in [6, 6.07) is 8.74. The fourth-order valence-electron chi connectivity index (χ4n) is 1.10. The molecule has 0 aliphatic heterocycles. The third kappa shape index (κ3) is 2.15. The molecule has 66 valence electrons. The number of rotatable bonds is 1. The number of aromatic hydroxyl groups is 1. The van der Waals surface area contributed by atoms with Gasteiger partial charge < -0.3 is 5.11 Å². The summed E-state index contributed by atoms with van der Waals surface area (Å²) in [7, 11) is 0. The first-order chi connectivity index (χ1) is 6.38. The first kappa shape index (κ1) is 10.8. The Bertz CT molecular complexity index is 406. The van der Waals surface area contributed by atoms with Crippen molar-refractivity contribution >= 4 is 0 Å². The van der Waals surface area contributed by atoms with Crippen molar-refractivity contribution in [3.8, 4) is 17.1 Å². The molecule has 0 radical (unpaired) electrons. The Kier molecular flexibility index (Phi) is 3.72. The van der Waals surface area contributed by atoms with Crippen LogP contribution < -0.4 is 0 Å². The van der Waals surface area contributed by atoms with Gasteiger partial charge in [0.05, 0.1) is 5.56 Å². The Morgan fingerprint density at radius 3 is 2.21 bits per heavy atom. The third-order valence-electron chi connectivity index (χ3n) is 1.71. The van der Waals surface area contributed by atoms with Crippen molar-refractivity contribution in [2.45, 2.75) is 0 Å². The van der Waals surface area contributed by atoms with Gasteiger partial charge in [-0.1, -0.05) is 12.1 Å². The molecule has 0 saturated carbocycles. The minimum Gasteiger partial charge on any atom is -0.507 e. The van der Waals surface area contributed by atoms with E-state index in [1.165, 1.54) is 0 Å². The molecule has 0 fully saturated rings. The SMILES string of the molecule is Oc1ccccc1-c1ncccn1.[Zn]. The maximum absolute atomic E-state index is 9.48. The zero-order valence-corrected chi connectivity index (χ0v) is 10.6. The Labute approximate surface area is 94.6 Å². The monoisotopic (exact) mass is 236 g/mol. The Morgan fingerprint density at radius 1 is 0.929 bits per heavy atom. The first-order valence-electron chi connectivity index (χ1n) is 3.93. The number of phenolic OH excluding ortho intramolecular Hbond substituents is 1. The van der Waals surface area contributed by atoms with E-state index in [0.717, 1.165) is 0 Å². The number of nitrogens with zero attached hydrogens (tertiary/aromatic N) is 2. The van der Waals surface area contributed by atoms with E-state index in [9.17, 15) is 5.11 Å². The summed E-state index contributed by atoms with van der Waals surface area (Å²) in [5, 5.41) is 9.48. The molecular formula is C10H8N2OZn. The molecule has 0 aliphatic rings. The molecule has 1 aromatic heterocycles. The van der Waals surface area contributed by atoms with Crippen LogP contribution in [-0.2, 0) is 19.5 Å². The zero-order chi connectivity index (χ0) is 9.10. The largest absolute Gasteiger partial charge is 0.507 e. The summed E-state index contributed by atoms with van der Waals surface area (Å²) in [5.41, 5.74) is 0.656. The third-order valence-corrected chi connectivity index (χ3v) is 1.71. The first-order valence-corrected chi connectivity index (χ1v) is 3.93. The van der Waals surface area contributed by atoms with Gasteiger partial charge in [-0.25, -0.2) is 9.97 Å². The Morgan fingerprint density at radius 2 is 1.57 bits per heavy atom. The molecule has 3 nitrogen and oxygen atoms in total. The van der Waals surface area contributed by atoms with E-state index in [1.54, 1.807) is 36.7 Å². The molecule has 0 atom stereocenters. The van der Waals surface area contributed by atoms with Gasteiger partial charge in [0.1, 0.15) is 5.75 Å². The average Bonchev–Trinajstić information content (AvgIpc) is 2.20. The molecule has 0 aliphatic carbocycles. The topological polar surface area (TPSA) is 46.0 Å². The molecule has 4 heteroatoms. The van der Waals surface area contributed by atoms with Gasteiger partial charge in [0, 0.05) is 31.9 Å². The van der Waals surface area contributed by atoms with Gasteiger partial charge in [-0.05, 0) is 18.2 Å². The average molecular weight is 238 g/mol. The number of hydrogen-bond acceptors (Lipinski definition) is 3. The summed E-state index contributed by atoms with van der Waals surface area (Å²) in [6.07, 6.45) is 3.30. The molecular weight excluding hydrogens is 230 g/mol. The molecule has 2 rings (SSSR count). The van der Waals surface area contributed by atoms with E-state index in [2.05, 4.69) is 9.97 Å². The van der Waals surface area contributed by atoms with Crippen molar-refractivity contribution < 1.29 is 24.6 Å². The second-order valence-corrected chi connectivity index (χ2v) is 2.59. The number of hydrogen-bond donors (Lipinski definition) is 1. The van der Waals surface area contributed by atoms with E-state index in [1.807, 2.05) is 6.07 Å². The van der Waals surface area contributed by atoms with Crippen molar-refractivity contribution in [3.63, 3.8) is 0 Å². The van der Waals surface area contributed by atoms with Gasteiger partial charge in [0.2, 0.25) is 0 Å². The fourth-order valence-corrected chi connectivity index (χ4v) is 1.10. The second kappa shape index (κ2) is 4.82.